The average molecular weight is 846 g/mol. The van der Waals surface area contributed by atoms with E-state index in [2.05, 4.69) is 54.5 Å². The largest absolute Gasteiger partial charge is 0.416 e. The molecular weight excluding hydrogens is 800 g/mol. The fourth-order valence-corrected chi connectivity index (χ4v) is 7.32. The summed E-state index contributed by atoms with van der Waals surface area (Å²) in [5.74, 6) is 0.204. The third kappa shape index (κ3) is 10.8. The Balaban J connectivity index is 0.000000189. The van der Waals surface area contributed by atoms with Gasteiger partial charge in [0.2, 0.25) is 0 Å². The number of hydrogen-bond donors (Lipinski definition) is 2. The normalized spacial score (nSPS) is 12.5. The van der Waals surface area contributed by atoms with Crippen LogP contribution in [0.1, 0.15) is 64.4 Å². The van der Waals surface area contributed by atoms with Crippen molar-refractivity contribution in [2.45, 2.75) is 46.3 Å². The van der Waals surface area contributed by atoms with E-state index in [9.17, 15) is 22.8 Å². The highest BCUT2D eigenvalue weighted by atomic mass is 19.4. The van der Waals surface area contributed by atoms with E-state index in [0.717, 1.165) is 64.7 Å². The van der Waals surface area contributed by atoms with Crippen molar-refractivity contribution in [3.63, 3.8) is 0 Å². The van der Waals surface area contributed by atoms with E-state index in [-0.39, 0.29) is 11.6 Å². The van der Waals surface area contributed by atoms with Gasteiger partial charge in [-0.25, -0.2) is 19.9 Å². The van der Waals surface area contributed by atoms with Crippen LogP contribution in [0.3, 0.4) is 0 Å². The molecule has 12 heteroatoms. The van der Waals surface area contributed by atoms with Gasteiger partial charge in [0, 0.05) is 40.8 Å². The Morgan fingerprint density at radius 3 is 1.81 bits per heavy atom. The van der Waals surface area contributed by atoms with Gasteiger partial charge in [-0.15, -0.1) is 0 Å². The Hall–Kier alpha value is -7.31. The van der Waals surface area contributed by atoms with E-state index in [0.29, 0.717) is 34.0 Å². The number of alkyl halides is 3. The summed E-state index contributed by atoms with van der Waals surface area (Å²) in [6.45, 7) is 9.10. The number of anilines is 2. The Kier molecular flexibility index (Phi) is 13.9. The Bertz CT molecular complexity index is 2850. The molecule has 0 bridgehead atoms. The van der Waals surface area contributed by atoms with Gasteiger partial charge in [-0.1, -0.05) is 111 Å². The van der Waals surface area contributed by atoms with Crippen LogP contribution >= 0.6 is 0 Å². The number of fused-ring (bicyclic) bond motifs is 2. The van der Waals surface area contributed by atoms with Crippen LogP contribution in [-0.2, 0) is 12.7 Å². The maximum absolute atomic E-state index is 13.2. The first-order chi connectivity index (χ1) is 30.6. The van der Waals surface area contributed by atoms with E-state index >= 15 is 0 Å². The number of halogens is 3. The molecule has 4 aromatic carbocycles. The zero-order chi connectivity index (χ0) is 44.3. The molecule has 2 N–H and O–H groups in total. The molecule has 318 valence electrons. The lowest BCUT2D eigenvalue weighted by Crippen LogP contribution is -2.18. The predicted molar refractivity (Wildman–Crippen MR) is 244 cm³/mol. The van der Waals surface area contributed by atoms with Gasteiger partial charge < -0.3 is 10.6 Å². The maximum Gasteiger partial charge on any atom is 0.416 e. The lowest BCUT2D eigenvalue weighted by Gasteiger charge is -2.14. The van der Waals surface area contributed by atoms with Gasteiger partial charge in [0.05, 0.1) is 16.6 Å². The number of aryl methyl sites for hydroxylation is 1. The fourth-order valence-electron chi connectivity index (χ4n) is 7.32. The summed E-state index contributed by atoms with van der Waals surface area (Å²) in [6, 6.07) is 40.7. The molecule has 63 heavy (non-hydrogen) atoms. The van der Waals surface area contributed by atoms with Crippen LogP contribution in [0.5, 0.6) is 0 Å². The average Bonchev–Trinajstić information content (AvgIpc) is 3.83. The van der Waals surface area contributed by atoms with Crippen molar-refractivity contribution in [2.24, 2.45) is 0 Å². The highest BCUT2D eigenvalue weighted by Gasteiger charge is 2.30. The lowest BCUT2D eigenvalue weighted by atomic mass is 9.98. The van der Waals surface area contributed by atoms with Crippen molar-refractivity contribution in [1.29, 1.82) is 0 Å². The van der Waals surface area contributed by atoms with Crippen molar-refractivity contribution in [3.05, 3.63) is 180 Å². The molecule has 0 radical (unpaired) electrons. The first kappa shape index (κ1) is 43.8. The quantitative estimate of drug-likeness (QED) is 0.157. The Labute approximate surface area is 364 Å². The number of likely N-dealkylation sites (tertiary alicyclic amines) is 1. The van der Waals surface area contributed by atoms with Crippen molar-refractivity contribution in [1.82, 2.24) is 24.8 Å². The second kappa shape index (κ2) is 20.0. The SMILES string of the molecule is CC.Cc1ccccc1-c1cccc2ccc(C(=O)Nc3ccccn3)nc12.O=C(Nc1ccc(CN2CCCC2)cn1)c1ccc2cccc(-c3cccc(C(F)(F)F)c3)c2n1. The van der Waals surface area contributed by atoms with Crippen LogP contribution < -0.4 is 10.6 Å². The summed E-state index contributed by atoms with van der Waals surface area (Å²) in [7, 11) is 0. The summed E-state index contributed by atoms with van der Waals surface area (Å²) in [4.78, 5) is 45.4. The summed E-state index contributed by atoms with van der Waals surface area (Å²) < 4.78 is 39.7. The van der Waals surface area contributed by atoms with E-state index in [1.54, 1.807) is 67.0 Å². The van der Waals surface area contributed by atoms with Crippen molar-refractivity contribution in [3.8, 4) is 22.3 Å². The highest BCUT2D eigenvalue weighted by Crippen LogP contribution is 2.35. The number of para-hydroxylation sites is 2. The molecule has 5 heterocycles. The Morgan fingerprint density at radius 1 is 0.619 bits per heavy atom. The summed E-state index contributed by atoms with van der Waals surface area (Å²) in [5, 5.41) is 7.26. The number of aromatic nitrogens is 4. The molecule has 2 amide bonds. The van der Waals surface area contributed by atoms with Gasteiger partial charge in [0.25, 0.3) is 11.8 Å². The molecule has 0 spiro atoms. The van der Waals surface area contributed by atoms with E-state index in [1.165, 1.54) is 24.5 Å². The molecule has 1 saturated heterocycles. The smallest absolute Gasteiger partial charge is 0.305 e. The predicted octanol–water partition coefficient (Wildman–Crippen LogP) is 12.0. The summed E-state index contributed by atoms with van der Waals surface area (Å²) in [6.07, 6.45) is 1.38. The minimum absolute atomic E-state index is 0.153. The van der Waals surface area contributed by atoms with Crippen LogP contribution in [0.15, 0.2) is 152 Å². The number of carbonyl (C=O) groups is 2. The molecule has 0 unspecified atom stereocenters. The monoisotopic (exact) mass is 845 g/mol. The minimum Gasteiger partial charge on any atom is -0.305 e. The molecule has 1 fully saturated rings. The number of amides is 2. The molecule has 1 aliphatic heterocycles. The number of carbonyl (C=O) groups excluding carboxylic acids is 2. The number of nitrogens with zero attached hydrogens (tertiary/aromatic N) is 5. The van der Waals surface area contributed by atoms with Crippen molar-refractivity contribution < 1.29 is 22.8 Å². The highest BCUT2D eigenvalue weighted by molar-refractivity contribution is 6.06. The van der Waals surface area contributed by atoms with E-state index in [4.69, 9.17) is 0 Å². The second-order valence-corrected chi connectivity index (χ2v) is 14.7. The number of pyridine rings is 4. The van der Waals surface area contributed by atoms with Gasteiger partial charge in [0.15, 0.2) is 0 Å². The summed E-state index contributed by atoms with van der Waals surface area (Å²) >= 11 is 0. The molecule has 0 saturated carbocycles. The molecule has 9 nitrogen and oxygen atoms in total. The first-order valence-electron chi connectivity index (χ1n) is 20.8. The molecule has 4 aromatic heterocycles. The van der Waals surface area contributed by atoms with Crippen LogP contribution in [0.2, 0.25) is 0 Å². The van der Waals surface area contributed by atoms with E-state index in [1.807, 2.05) is 68.4 Å². The van der Waals surface area contributed by atoms with E-state index < -0.39 is 17.6 Å². The van der Waals surface area contributed by atoms with Gasteiger partial charge in [-0.3, -0.25) is 14.5 Å². The van der Waals surface area contributed by atoms with Crippen LogP contribution in [0.4, 0.5) is 24.8 Å². The van der Waals surface area contributed by atoms with Crippen molar-refractivity contribution in [2.75, 3.05) is 23.7 Å². The van der Waals surface area contributed by atoms with Crippen LogP contribution in [0, 0.1) is 6.92 Å². The third-order valence-corrected chi connectivity index (χ3v) is 10.4. The number of rotatable bonds is 8. The van der Waals surface area contributed by atoms with Crippen molar-refractivity contribution >= 4 is 45.3 Å². The maximum atomic E-state index is 13.2. The number of hydrogen-bond acceptors (Lipinski definition) is 7. The van der Waals surface area contributed by atoms with Gasteiger partial charge >= 0.3 is 6.18 Å². The Morgan fingerprint density at radius 2 is 1.21 bits per heavy atom. The van der Waals surface area contributed by atoms with Crippen LogP contribution in [0.25, 0.3) is 44.1 Å². The van der Waals surface area contributed by atoms with Gasteiger partial charge in [0.1, 0.15) is 23.0 Å². The molecule has 0 atom stereocenters. The molecule has 0 aliphatic carbocycles. The molecular formula is C51H46F3N7O2. The van der Waals surface area contributed by atoms with Gasteiger partial charge in [-0.05, 0) is 97.6 Å². The van der Waals surface area contributed by atoms with Crippen LogP contribution in [-0.4, -0.2) is 49.7 Å². The number of nitrogens with one attached hydrogen (secondary N) is 2. The summed E-state index contributed by atoms with van der Waals surface area (Å²) in [5.41, 5.74) is 6.34. The molecule has 9 rings (SSSR count). The number of benzene rings is 4. The minimum atomic E-state index is -4.45. The second-order valence-electron chi connectivity index (χ2n) is 14.7. The molecule has 8 aromatic rings. The first-order valence-corrected chi connectivity index (χ1v) is 20.8. The lowest BCUT2D eigenvalue weighted by molar-refractivity contribution is -0.137. The third-order valence-electron chi connectivity index (χ3n) is 10.4. The standard InChI is InChI=1S/C27H23F3N4O.C22H17N3O.C2H6/c28-27(29,30)21-7-3-6-20(15-21)22-8-4-5-19-10-11-23(32-25(19)22)26(35)33-24-12-9-18(16-31-24)17-34-13-1-2-14-34;1-15-7-2-3-9-17(15)18-10-6-8-16-12-13-19(24-21(16)18)22(26)25-20-11-4-5-14-23-20;1-2/h3-12,15-16H,1-2,13-14,17H2,(H,31,33,35);2-14H,1H3,(H,23,25,26);1-2H3. The van der Waals surface area contributed by atoms with Gasteiger partial charge in [-0.2, -0.15) is 13.2 Å². The topological polar surface area (TPSA) is 113 Å². The fraction of sp³-hybridized carbons (Fsp3) is 0.176. The molecule has 1 aliphatic rings. The zero-order valence-corrected chi connectivity index (χ0v) is 35.2. The zero-order valence-electron chi connectivity index (χ0n) is 35.2.